The fourth-order valence-corrected chi connectivity index (χ4v) is 3.28. The first-order valence-electron chi connectivity index (χ1n) is 7.50. The molecule has 3 rings (SSSR count). The van der Waals surface area contributed by atoms with Crippen LogP contribution in [0.25, 0.3) is 0 Å². The lowest BCUT2D eigenvalue weighted by Crippen LogP contribution is -2.44. The van der Waals surface area contributed by atoms with E-state index in [1.165, 1.54) is 0 Å². The van der Waals surface area contributed by atoms with Crippen molar-refractivity contribution in [2.45, 2.75) is 25.2 Å². The molecule has 2 atom stereocenters. The molecule has 2 aliphatic heterocycles. The normalized spacial score (nSPS) is 25.8. The number of nitrogens with two attached hydrogens (primary N) is 1. The second kappa shape index (κ2) is 5.83. The van der Waals surface area contributed by atoms with Gasteiger partial charge in [-0.25, -0.2) is 0 Å². The third-order valence-corrected chi connectivity index (χ3v) is 4.42. The summed E-state index contributed by atoms with van der Waals surface area (Å²) in [5.41, 5.74) is 6.80. The Hall–Kier alpha value is -1.55. The number of ether oxygens (including phenoxy) is 1. The Morgan fingerprint density at radius 1 is 1.35 bits per heavy atom. The van der Waals surface area contributed by atoms with Gasteiger partial charge in [-0.05, 0) is 37.8 Å². The number of carbonyl (C=O) groups excluding carboxylic acids is 1. The molecule has 0 bridgehead atoms. The molecule has 4 nitrogen and oxygen atoms in total. The molecule has 0 aliphatic carbocycles. The van der Waals surface area contributed by atoms with Crippen LogP contribution in [0.1, 0.15) is 30.7 Å². The fraction of sp³-hybridized carbons (Fsp3) is 0.562. The van der Waals surface area contributed by atoms with Gasteiger partial charge in [0, 0.05) is 18.7 Å². The molecule has 1 aromatic rings. The molecule has 0 aromatic heterocycles. The van der Waals surface area contributed by atoms with Gasteiger partial charge < -0.3 is 15.4 Å². The van der Waals surface area contributed by atoms with Crippen LogP contribution in [0, 0.1) is 5.92 Å². The number of hydrogen-bond donors (Lipinski definition) is 1. The highest BCUT2D eigenvalue weighted by Gasteiger charge is 2.32. The maximum atomic E-state index is 12.8. The molecule has 1 amide bonds. The van der Waals surface area contributed by atoms with Crippen molar-refractivity contribution in [2.24, 2.45) is 11.7 Å². The molecule has 0 saturated carbocycles. The molecule has 108 valence electrons. The summed E-state index contributed by atoms with van der Waals surface area (Å²) in [6, 6.07) is 7.90. The summed E-state index contributed by atoms with van der Waals surface area (Å²) in [6.45, 7) is 2.99. The summed E-state index contributed by atoms with van der Waals surface area (Å²) in [5, 5.41) is 0. The molecule has 2 heterocycles. The molecule has 2 aliphatic rings. The summed E-state index contributed by atoms with van der Waals surface area (Å²) >= 11 is 0. The molecule has 0 spiro atoms. The van der Waals surface area contributed by atoms with E-state index in [0.717, 1.165) is 43.7 Å². The van der Waals surface area contributed by atoms with Gasteiger partial charge in [0.05, 0.1) is 12.5 Å². The minimum Gasteiger partial charge on any atom is -0.493 e. The predicted octanol–water partition coefficient (Wildman–Crippen LogP) is 1.75. The Bertz CT molecular complexity index is 489. The highest BCUT2D eigenvalue weighted by atomic mass is 16.5. The van der Waals surface area contributed by atoms with Crippen molar-refractivity contribution in [1.29, 1.82) is 0 Å². The number of likely N-dealkylation sites (tertiary alicyclic amines) is 1. The van der Waals surface area contributed by atoms with Crippen molar-refractivity contribution >= 4 is 5.91 Å². The number of amides is 1. The summed E-state index contributed by atoms with van der Waals surface area (Å²) in [6.07, 6.45) is 2.99. The average Bonchev–Trinajstić information content (AvgIpc) is 2.53. The van der Waals surface area contributed by atoms with Gasteiger partial charge in [0.2, 0.25) is 5.91 Å². The zero-order valence-electron chi connectivity index (χ0n) is 11.8. The smallest absolute Gasteiger partial charge is 0.230 e. The first-order chi connectivity index (χ1) is 9.79. The molecule has 2 N–H and O–H groups in total. The van der Waals surface area contributed by atoms with E-state index in [-0.39, 0.29) is 11.8 Å². The van der Waals surface area contributed by atoms with Crippen molar-refractivity contribution in [3.05, 3.63) is 29.8 Å². The second-order valence-electron chi connectivity index (χ2n) is 5.76. The Kier molecular flexibility index (Phi) is 3.92. The van der Waals surface area contributed by atoms with Crippen LogP contribution in [-0.2, 0) is 4.79 Å². The Morgan fingerprint density at radius 2 is 2.20 bits per heavy atom. The van der Waals surface area contributed by atoms with E-state index in [2.05, 4.69) is 0 Å². The van der Waals surface area contributed by atoms with Crippen LogP contribution < -0.4 is 10.5 Å². The van der Waals surface area contributed by atoms with Crippen molar-refractivity contribution < 1.29 is 9.53 Å². The maximum absolute atomic E-state index is 12.8. The van der Waals surface area contributed by atoms with Gasteiger partial charge in [0.15, 0.2) is 0 Å². The second-order valence-corrected chi connectivity index (χ2v) is 5.76. The van der Waals surface area contributed by atoms with Crippen LogP contribution in [0.4, 0.5) is 0 Å². The minimum absolute atomic E-state index is 0.0449. The minimum atomic E-state index is -0.0449. The summed E-state index contributed by atoms with van der Waals surface area (Å²) in [7, 11) is 0. The van der Waals surface area contributed by atoms with Crippen molar-refractivity contribution in [3.8, 4) is 5.75 Å². The summed E-state index contributed by atoms with van der Waals surface area (Å²) in [5.74, 6) is 1.53. The van der Waals surface area contributed by atoms with E-state index in [4.69, 9.17) is 10.5 Å². The van der Waals surface area contributed by atoms with E-state index in [9.17, 15) is 4.79 Å². The zero-order chi connectivity index (χ0) is 13.9. The van der Waals surface area contributed by atoms with Gasteiger partial charge in [-0.2, -0.15) is 0 Å². The van der Waals surface area contributed by atoms with Gasteiger partial charge in [-0.15, -0.1) is 0 Å². The number of para-hydroxylation sites is 1. The van der Waals surface area contributed by atoms with Crippen molar-refractivity contribution in [2.75, 3.05) is 26.2 Å². The molecule has 20 heavy (non-hydrogen) atoms. The first-order valence-corrected chi connectivity index (χ1v) is 7.50. The van der Waals surface area contributed by atoms with Crippen LogP contribution in [-0.4, -0.2) is 37.0 Å². The first kappa shape index (κ1) is 13.4. The SMILES string of the molecule is NCC1CCCN(C(=O)C2CCOc3ccccc32)C1. The summed E-state index contributed by atoms with van der Waals surface area (Å²) in [4.78, 5) is 14.8. The van der Waals surface area contributed by atoms with Gasteiger partial charge >= 0.3 is 0 Å². The number of hydrogen-bond acceptors (Lipinski definition) is 3. The van der Waals surface area contributed by atoms with Crippen LogP contribution in [0.15, 0.2) is 24.3 Å². The van der Waals surface area contributed by atoms with Gasteiger partial charge in [0.1, 0.15) is 5.75 Å². The van der Waals surface area contributed by atoms with Crippen LogP contribution >= 0.6 is 0 Å². The van der Waals surface area contributed by atoms with E-state index in [0.29, 0.717) is 19.1 Å². The summed E-state index contributed by atoms with van der Waals surface area (Å²) < 4.78 is 5.64. The van der Waals surface area contributed by atoms with E-state index < -0.39 is 0 Å². The topological polar surface area (TPSA) is 55.6 Å². The molecular formula is C16H22N2O2. The zero-order valence-corrected chi connectivity index (χ0v) is 11.8. The lowest BCUT2D eigenvalue weighted by Gasteiger charge is -2.36. The molecule has 1 fully saturated rings. The average molecular weight is 274 g/mol. The number of rotatable bonds is 2. The van der Waals surface area contributed by atoms with Crippen LogP contribution in [0.3, 0.4) is 0 Å². The number of piperidine rings is 1. The van der Waals surface area contributed by atoms with Gasteiger partial charge in [-0.3, -0.25) is 4.79 Å². The molecular weight excluding hydrogens is 252 g/mol. The molecule has 1 aromatic carbocycles. The van der Waals surface area contributed by atoms with Gasteiger partial charge in [0.25, 0.3) is 0 Å². The highest BCUT2D eigenvalue weighted by Crippen LogP contribution is 2.35. The van der Waals surface area contributed by atoms with Crippen LogP contribution in [0.2, 0.25) is 0 Å². The van der Waals surface area contributed by atoms with E-state index in [1.54, 1.807) is 0 Å². The van der Waals surface area contributed by atoms with Gasteiger partial charge in [-0.1, -0.05) is 18.2 Å². The Balaban J connectivity index is 1.78. The van der Waals surface area contributed by atoms with E-state index >= 15 is 0 Å². The maximum Gasteiger partial charge on any atom is 0.230 e. The molecule has 2 unspecified atom stereocenters. The Labute approximate surface area is 119 Å². The monoisotopic (exact) mass is 274 g/mol. The lowest BCUT2D eigenvalue weighted by molar-refractivity contribution is -0.135. The standard InChI is InChI=1S/C16H22N2O2/c17-10-12-4-3-8-18(11-12)16(19)14-7-9-20-15-6-2-1-5-13(14)15/h1-2,5-6,12,14H,3-4,7-11,17H2. The number of carbonyl (C=O) groups is 1. The lowest BCUT2D eigenvalue weighted by atomic mass is 9.90. The fourth-order valence-electron chi connectivity index (χ4n) is 3.28. The van der Waals surface area contributed by atoms with Crippen molar-refractivity contribution in [3.63, 3.8) is 0 Å². The third kappa shape index (κ3) is 2.52. The molecule has 0 radical (unpaired) electrons. The predicted molar refractivity (Wildman–Crippen MR) is 77.7 cm³/mol. The Morgan fingerprint density at radius 3 is 3.05 bits per heavy atom. The van der Waals surface area contributed by atoms with E-state index in [1.807, 2.05) is 29.2 Å². The molecule has 4 heteroatoms. The van der Waals surface area contributed by atoms with Crippen LogP contribution in [0.5, 0.6) is 5.75 Å². The third-order valence-electron chi connectivity index (χ3n) is 4.42. The quantitative estimate of drug-likeness (QED) is 0.894. The highest BCUT2D eigenvalue weighted by molar-refractivity contribution is 5.85. The van der Waals surface area contributed by atoms with Crippen molar-refractivity contribution in [1.82, 2.24) is 4.90 Å². The number of nitrogens with zero attached hydrogens (tertiary/aromatic N) is 1. The molecule has 1 saturated heterocycles. The number of benzene rings is 1. The largest absolute Gasteiger partial charge is 0.493 e. The number of fused-ring (bicyclic) bond motifs is 1.